The van der Waals surface area contributed by atoms with E-state index in [0.29, 0.717) is 21.5 Å². The third-order valence-corrected chi connectivity index (χ3v) is 3.79. The van der Waals surface area contributed by atoms with E-state index in [2.05, 4.69) is 9.97 Å². The smallest absolute Gasteiger partial charge is 0.187 e. The summed E-state index contributed by atoms with van der Waals surface area (Å²) in [6.07, 6.45) is 3.46. The zero-order valence-corrected chi connectivity index (χ0v) is 12.6. The molecule has 0 saturated heterocycles. The van der Waals surface area contributed by atoms with E-state index < -0.39 is 0 Å². The number of nitrogens with zero attached hydrogens (tertiary/aromatic N) is 2. The summed E-state index contributed by atoms with van der Waals surface area (Å²) in [5.41, 5.74) is 1.81. The van der Waals surface area contributed by atoms with Gasteiger partial charge in [0.05, 0.1) is 5.56 Å². The van der Waals surface area contributed by atoms with E-state index in [0.717, 1.165) is 5.56 Å². The van der Waals surface area contributed by atoms with E-state index in [1.165, 1.54) is 24.8 Å². The monoisotopic (exact) mass is 308 g/mol. The molecule has 1 N–H and O–H groups in total. The van der Waals surface area contributed by atoms with Crippen LogP contribution in [0.4, 0.5) is 0 Å². The van der Waals surface area contributed by atoms with Crippen molar-refractivity contribution in [2.24, 2.45) is 0 Å². The minimum absolute atomic E-state index is 0.0264. The Bertz CT molecular complexity index is 644. The number of carbonyl (C=O) groups excluding carboxylic acids is 1. The average molecular weight is 309 g/mol. The molecule has 2 aromatic rings. The number of Topliss-reactive ketones (excluding diaryl/α,β-unsaturated/α-hetero) is 1. The first kappa shape index (κ1) is 14.8. The molecule has 20 heavy (non-hydrogen) atoms. The number of thioether (sulfide) groups is 1. The number of rotatable bonds is 4. The van der Waals surface area contributed by atoms with Gasteiger partial charge in [-0.05, 0) is 31.5 Å². The molecule has 1 aromatic heterocycles. The van der Waals surface area contributed by atoms with Crippen LogP contribution in [0.15, 0.2) is 29.7 Å². The summed E-state index contributed by atoms with van der Waals surface area (Å²) in [6.45, 7) is 3.31. The number of hydrogen-bond donors (Lipinski definition) is 1. The summed E-state index contributed by atoms with van der Waals surface area (Å²) in [7, 11) is 0. The standard InChI is InChI=1S/C14H13ClN2O2S/c1-8-5-16-14(17-6-8)20-7-10-3-11(15)4-12(9(2)18)13(10)19/h3-6,19H,7H2,1-2H3. The van der Waals surface area contributed by atoms with Gasteiger partial charge in [-0.1, -0.05) is 23.4 Å². The second-order valence-corrected chi connectivity index (χ2v) is 5.73. The normalized spacial score (nSPS) is 10.6. The molecular weight excluding hydrogens is 296 g/mol. The number of aromatic nitrogens is 2. The molecule has 6 heteroatoms. The van der Waals surface area contributed by atoms with Crippen LogP contribution in [0.5, 0.6) is 5.75 Å². The van der Waals surface area contributed by atoms with Crippen molar-refractivity contribution < 1.29 is 9.90 Å². The molecule has 0 atom stereocenters. The second-order valence-electron chi connectivity index (χ2n) is 4.35. The van der Waals surface area contributed by atoms with Crippen molar-refractivity contribution >= 4 is 29.1 Å². The molecule has 1 heterocycles. The van der Waals surface area contributed by atoms with Gasteiger partial charge in [-0.3, -0.25) is 4.79 Å². The largest absolute Gasteiger partial charge is 0.507 e. The van der Waals surface area contributed by atoms with Crippen molar-refractivity contribution in [2.45, 2.75) is 24.8 Å². The molecule has 0 unspecified atom stereocenters. The summed E-state index contributed by atoms with van der Waals surface area (Å²) >= 11 is 7.34. The molecule has 1 aromatic carbocycles. The number of halogens is 1. The number of aromatic hydroxyl groups is 1. The minimum atomic E-state index is -0.220. The van der Waals surface area contributed by atoms with E-state index in [1.807, 2.05) is 6.92 Å². The number of phenols is 1. The van der Waals surface area contributed by atoms with Gasteiger partial charge < -0.3 is 5.11 Å². The predicted molar refractivity (Wildman–Crippen MR) is 79.5 cm³/mol. The molecule has 0 radical (unpaired) electrons. The van der Waals surface area contributed by atoms with E-state index in [4.69, 9.17) is 11.6 Å². The lowest BCUT2D eigenvalue weighted by Gasteiger charge is -2.08. The average Bonchev–Trinajstić information content (AvgIpc) is 2.41. The molecule has 0 aliphatic rings. The highest BCUT2D eigenvalue weighted by atomic mass is 35.5. The van der Waals surface area contributed by atoms with Crippen LogP contribution in [0.1, 0.15) is 28.4 Å². The zero-order chi connectivity index (χ0) is 14.7. The van der Waals surface area contributed by atoms with Crippen molar-refractivity contribution in [3.63, 3.8) is 0 Å². The van der Waals surface area contributed by atoms with E-state index in [9.17, 15) is 9.90 Å². The van der Waals surface area contributed by atoms with Crippen LogP contribution < -0.4 is 0 Å². The fourth-order valence-corrected chi connectivity index (χ4v) is 2.63. The minimum Gasteiger partial charge on any atom is -0.507 e. The third kappa shape index (κ3) is 3.49. The highest BCUT2D eigenvalue weighted by molar-refractivity contribution is 7.98. The first-order valence-corrected chi connectivity index (χ1v) is 7.27. The SMILES string of the molecule is CC(=O)c1cc(Cl)cc(CSc2ncc(C)cn2)c1O. The second kappa shape index (κ2) is 6.24. The topological polar surface area (TPSA) is 63.1 Å². The lowest BCUT2D eigenvalue weighted by molar-refractivity contribution is 0.101. The molecule has 104 valence electrons. The number of benzene rings is 1. The van der Waals surface area contributed by atoms with Crippen molar-refractivity contribution in [1.82, 2.24) is 9.97 Å². The van der Waals surface area contributed by atoms with Crippen LogP contribution in [-0.4, -0.2) is 20.9 Å². The van der Waals surface area contributed by atoms with Crippen LogP contribution in [-0.2, 0) is 5.75 Å². The van der Waals surface area contributed by atoms with E-state index in [1.54, 1.807) is 18.5 Å². The molecule has 4 nitrogen and oxygen atoms in total. The first-order valence-electron chi connectivity index (χ1n) is 5.91. The van der Waals surface area contributed by atoms with Crippen molar-refractivity contribution in [2.75, 3.05) is 0 Å². The van der Waals surface area contributed by atoms with Gasteiger partial charge in [0, 0.05) is 28.7 Å². The molecular formula is C14H13ClN2O2S. The van der Waals surface area contributed by atoms with Crippen LogP contribution in [0.2, 0.25) is 5.02 Å². The quantitative estimate of drug-likeness (QED) is 0.531. The Morgan fingerprint density at radius 2 is 2.00 bits per heavy atom. The van der Waals surface area contributed by atoms with Crippen molar-refractivity contribution in [3.8, 4) is 5.75 Å². The van der Waals surface area contributed by atoms with Crippen LogP contribution in [0.25, 0.3) is 0 Å². The van der Waals surface area contributed by atoms with Crippen molar-refractivity contribution in [3.05, 3.63) is 46.2 Å². The molecule has 0 bridgehead atoms. The summed E-state index contributed by atoms with van der Waals surface area (Å²) in [6, 6.07) is 3.11. The number of aryl methyl sites for hydroxylation is 1. The fourth-order valence-electron chi connectivity index (χ4n) is 1.63. The van der Waals surface area contributed by atoms with Gasteiger partial charge in [-0.15, -0.1) is 0 Å². The van der Waals surface area contributed by atoms with Gasteiger partial charge in [0.25, 0.3) is 0 Å². The number of phenolic OH excluding ortho intramolecular Hbond substituents is 1. The molecule has 2 rings (SSSR count). The van der Waals surface area contributed by atoms with Gasteiger partial charge in [0.15, 0.2) is 10.9 Å². The Morgan fingerprint density at radius 3 is 2.60 bits per heavy atom. The van der Waals surface area contributed by atoms with E-state index in [-0.39, 0.29) is 17.1 Å². The zero-order valence-electron chi connectivity index (χ0n) is 11.1. The molecule has 0 amide bonds. The maximum Gasteiger partial charge on any atom is 0.187 e. The summed E-state index contributed by atoms with van der Waals surface area (Å²) < 4.78 is 0. The number of hydrogen-bond acceptors (Lipinski definition) is 5. The number of ketones is 1. The Morgan fingerprint density at radius 1 is 1.35 bits per heavy atom. The highest BCUT2D eigenvalue weighted by Gasteiger charge is 2.13. The van der Waals surface area contributed by atoms with Gasteiger partial charge in [-0.25, -0.2) is 9.97 Å². The summed E-state index contributed by atoms with van der Waals surface area (Å²) in [5.74, 6) is 0.194. The first-order chi connectivity index (χ1) is 9.47. The van der Waals surface area contributed by atoms with Gasteiger partial charge in [-0.2, -0.15) is 0 Å². The predicted octanol–water partition coefficient (Wildman–Crippen LogP) is 3.64. The van der Waals surface area contributed by atoms with Crippen LogP contribution in [0.3, 0.4) is 0 Å². The van der Waals surface area contributed by atoms with Crippen LogP contribution in [0, 0.1) is 6.92 Å². The highest BCUT2D eigenvalue weighted by Crippen LogP contribution is 2.31. The van der Waals surface area contributed by atoms with Gasteiger partial charge in [0.1, 0.15) is 5.75 Å². The molecule has 0 aliphatic heterocycles. The van der Waals surface area contributed by atoms with Crippen LogP contribution >= 0.6 is 23.4 Å². The Labute approximate surface area is 126 Å². The maximum absolute atomic E-state index is 11.4. The van der Waals surface area contributed by atoms with Crippen molar-refractivity contribution in [1.29, 1.82) is 0 Å². The molecule has 0 saturated carbocycles. The maximum atomic E-state index is 11.4. The van der Waals surface area contributed by atoms with Gasteiger partial charge >= 0.3 is 0 Å². The Balaban J connectivity index is 2.21. The Hall–Kier alpha value is -1.59. The third-order valence-electron chi connectivity index (χ3n) is 2.65. The Kier molecular flexibility index (Phi) is 4.62. The molecule has 0 fully saturated rings. The fraction of sp³-hybridized carbons (Fsp3) is 0.214. The summed E-state index contributed by atoms with van der Waals surface area (Å²) in [5, 5.41) is 11.1. The lowest BCUT2D eigenvalue weighted by atomic mass is 10.1. The molecule has 0 aliphatic carbocycles. The lowest BCUT2D eigenvalue weighted by Crippen LogP contribution is -1.96. The number of carbonyl (C=O) groups is 1. The van der Waals surface area contributed by atoms with E-state index >= 15 is 0 Å². The summed E-state index contributed by atoms with van der Waals surface area (Å²) in [4.78, 5) is 19.8. The molecule has 0 spiro atoms. The van der Waals surface area contributed by atoms with Gasteiger partial charge in [0.2, 0.25) is 0 Å².